The van der Waals surface area contributed by atoms with Crippen LogP contribution in [-0.4, -0.2) is 35.5 Å². The molecule has 25 heavy (non-hydrogen) atoms. The minimum Gasteiger partial charge on any atom is -0.469 e. The second-order valence-electron chi connectivity index (χ2n) is 8.72. The zero-order chi connectivity index (χ0) is 18.9. The molecule has 1 aliphatic carbocycles. The van der Waals surface area contributed by atoms with Gasteiger partial charge < -0.3 is 9.84 Å². The predicted octanol–water partition coefficient (Wildman–Crippen LogP) is 3.94. The third-order valence-electron chi connectivity index (χ3n) is 6.46. The minimum absolute atomic E-state index is 0.184. The van der Waals surface area contributed by atoms with E-state index in [2.05, 4.69) is 20.4 Å². The van der Waals surface area contributed by atoms with E-state index in [-0.39, 0.29) is 23.4 Å². The first-order valence-electron chi connectivity index (χ1n) is 9.38. The number of carbonyl (C=O) groups excluding carboxylic acids is 1. The molecule has 0 unspecified atom stereocenters. The van der Waals surface area contributed by atoms with Crippen molar-refractivity contribution in [1.82, 2.24) is 0 Å². The number of hydrogen-bond donors (Lipinski definition) is 1. The van der Waals surface area contributed by atoms with Crippen LogP contribution in [0.4, 0.5) is 0 Å². The lowest BCUT2D eigenvalue weighted by molar-refractivity contribution is -0.412. The summed E-state index contributed by atoms with van der Waals surface area (Å²) in [5, 5.41) is 11.3. The van der Waals surface area contributed by atoms with Gasteiger partial charge in [-0.2, -0.15) is 0 Å². The van der Waals surface area contributed by atoms with E-state index in [0.717, 1.165) is 37.7 Å². The molecule has 0 aromatic carbocycles. The highest BCUT2D eigenvalue weighted by molar-refractivity contribution is 5.72. The van der Waals surface area contributed by atoms with Crippen molar-refractivity contribution in [1.29, 1.82) is 0 Å². The molecule has 0 radical (unpaired) electrons. The van der Waals surface area contributed by atoms with Crippen molar-refractivity contribution in [2.75, 3.05) is 7.11 Å². The van der Waals surface area contributed by atoms with Gasteiger partial charge in [0, 0.05) is 0 Å². The molecule has 0 amide bonds. The maximum absolute atomic E-state index is 11.7. The first kappa shape index (κ1) is 20.4. The Balaban J connectivity index is 1.95. The molecule has 0 aromatic heterocycles. The average Bonchev–Trinajstić information content (AvgIpc) is 2.57. The van der Waals surface area contributed by atoms with E-state index in [0.29, 0.717) is 12.8 Å². The van der Waals surface area contributed by atoms with Crippen molar-refractivity contribution in [3.63, 3.8) is 0 Å². The van der Waals surface area contributed by atoms with Crippen LogP contribution in [-0.2, 0) is 19.3 Å². The predicted molar refractivity (Wildman–Crippen MR) is 95.7 cm³/mol. The summed E-state index contributed by atoms with van der Waals surface area (Å²) in [5.41, 5.74) is -0.582. The Morgan fingerprint density at radius 2 is 2.04 bits per heavy atom. The summed E-state index contributed by atoms with van der Waals surface area (Å²) in [5.74, 6) is -0.637. The van der Waals surface area contributed by atoms with Gasteiger partial charge in [-0.1, -0.05) is 20.4 Å². The quantitative estimate of drug-likeness (QED) is 0.460. The Labute approximate surface area is 151 Å². The zero-order valence-corrected chi connectivity index (χ0v) is 16.4. The lowest BCUT2D eigenvalue weighted by Crippen LogP contribution is -2.50. The van der Waals surface area contributed by atoms with Crippen LogP contribution < -0.4 is 0 Å². The molecular weight excluding hydrogens is 320 g/mol. The van der Waals surface area contributed by atoms with E-state index < -0.39 is 11.2 Å². The smallest absolute Gasteiger partial charge is 0.311 e. The molecule has 2 aliphatic rings. The molecule has 0 aromatic rings. The van der Waals surface area contributed by atoms with E-state index in [1.165, 1.54) is 7.11 Å². The second-order valence-corrected chi connectivity index (χ2v) is 8.72. The minimum atomic E-state index is -0.867. The monoisotopic (exact) mass is 354 g/mol. The topological polar surface area (TPSA) is 65.0 Å². The Bertz CT molecular complexity index is 504. The Kier molecular flexibility index (Phi) is 6.02. The van der Waals surface area contributed by atoms with E-state index in [9.17, 15) is 9.90 Å². The number of aliphatic hydroxyl groups is 1. The molecular formula is C20H34O5. The number of rotatable bonds is 5. The molecule has 1 saturated heterocycles. The van der Waals surface area contributed by atoms with Gasteiger partial charge >= 0.3 is 5.97 Å². The highest BCUT2D eigenvalue weighted by atomic mass is 17.2. The molecule has 4 atom stereocenters. The van der Waals surface area contributed by atoms with Gasteiger partial charge in [0.1, 0.15) is 11.7 Å². The van der Waals surface area contributed by atoms with Gasteiger partial charge in [0.25, 0.3) is 0 Å². The fourth-order valence-corrected chi connectivity index (χ4v) is 4.15. The van der Waals surface area contributed by atoms with Crippen molar-refractivity contribution in [3.05, 3.63) is 12.2 Å². The first-order chi connectivity index (χ1) is 11.5. The van der Waals surface area contributed by atoms with Crippen molar-refractivity contribution in [2.45, 2.75) is 89.9 Å². The van der Waals surface area contributed by atoms with E-state index in [1.807, 2.05) is 6.92 Å². The van der Waals surface area contributed by atoms with Gasteiger partial charge in [-0.3, -0.25) is 4.79 Å². The molecule has 5 nitrogen and oxygen atoms in total. The fourth-order valence-electron chi connectivity index (χ4n) is 4.15. The SMILES string of the molecule is C=C1CCCC(C)(C)[C@@]1(O)CC[C@]1(C)CC[C@H]([C@@H](C)C(=O)OC)OO1. The van der Waals surface area contributed by atoms with Crippen LogP contribution in [0.15, 0.2) is 12.2 Å². The number of ether oxygens (including phenoxy) is 1. The van der Waals surface area contributed by atoms with Gasteiger partial charge in [0.15, 0.2) is 0 Å². The summed E-state index contributed by atoms with van der Waals surface area (Å²) in [4.78, 5) is 22.9. The van der Waals surface area contributed by atoms with Crippen LogP contribution in [0.3, 0.4) is 0 Å². The van der Waals surface area contributed by atoms with E-state index in [4.69, 9.17) is 14.5 Å². The summed E-state index contributed by atoms with van der Waals surface area (Å²) in [6.45, 7) is 12.2. The Morgan fingerprint density at radius 1 is 1.36 bits per heavy atom. The zero-order valence-electron chi connectivity index (χ0n) is 16.4. The largest absolute Gasteiger partial charge is 0.469 e. The number of esters is 1. The highest BCUT2D eigenvalue weighted by Gasteiger charge is 2.49. The summed E-state index contributed by atoms with van der Waals surface area (Å²) < 4.78 is 4.77. The van der Waals surface area contributed by atoms with Gasteiger partial charge in [-0.25, -0.2) is 9.78 Å². The number of hydrogen-bond acceptors (Lipinski definition) is 5. The Hall–Kier alpha value is -0.910. The van der Waals surface area contributed by atoms with Crippen LogP contribution in [0, 0.1) is 11.3 Å². The van der Waals surface area contributed by atoms with Crippen LogP contribution in [0.2, 0.25) is 0 Å². The van der Waals surface area contributed by atoms with Crippen molar-refractivity contribution in [2.24, 2.45) is 11.3 Å². The van der Waals surface area contributed by atoms with E-state index >= 15 is 0 Å². The standard InChI is InChI=1S/C20H34O5/c1-14-8-7-10-18(3,4)20(14,22)13-12-19(5)11-9-16(24-25-19)15(2)17(21)23-6/h15-16,22H,1,7-13H2,2-6H3/t15-,16-,19+,20-/m1/s1. The highest BCUT2D eigenvalue weighted by Crippen LogP contribution is 2.50. The van der Waals surface area contributed by atoms with Crippen LogP contribution in [0.1, 0.15) is 72.6 Å². The van der Waals surface area contributed by atoms with Crippen molar-refractivity contribution < 1.29 is 24.4 Å². The van der Waals surface area contributed by atoms with Gasteiger partial charge in [-0.15, -0.1) is 0 Å². The lowest BCUT2D eigenvalue weighted by atomic mass is 9.61. The Morgan fingerprint density at radius 3 is 2.56 bits per heavy atom. The second kappa shape index (κ2) is 7.37. The summed E-state index contributed by atoms with van der Waals surface area (Å²) >= 11 is 0. The molecule has 0 spiro atoms. The third-order valence-corrected chi connectivity index (χ3v) is 6.46. The number of methoxy groups -OCH3 is 1. The number of carbonyl (C=O) groups is 1. The molecule has 1 saturated carbocycles. The molecule has 1 heterocycles. The molecule has 0 bridgehead atoms. The average molecular weight is 354 g/mol. The van der Waals surface area contributed by atoms with Crippen LogP contribution >= 0.6 is 0 Å². The van der Waals surface area contributed by atoms with Crippen molar-refractivity contribution in [3.8, 4) is 0 Å². The normalized spacial score (nSPS) is 36.7. The van der Waals surface area contributed by atoms with Crippen molar-refractivity contribution >= 4 is 5.97 Å². The molecule has 5 heteroatoms. The lowest BCUT2D eigenvalue weighted by Gasteiger charge is -2.49. The van der Waals surface area contributed by atoms with Gasteiger partial charge in [0.2, 0.25) is 0 Å². The van der Waals surface area contributed by atoms with Gasteiger partial charge in [0.05, 0.1) is 18.6 Å². The summed E-state index contributed by atoms with van der Waals surface area (Å²) in [6.07, 6.45) is 5.48. The maximum atomic E-state index is 11.7. The maximum Gasteiger partial charge on any atom is 0.311 e. The molecule has 2 rings (SSSR count). The molecule has 144 valence electrons. The van der Waals surface area contributed by atoms with E-state index in [1.54, 1.807) is 6.92 Å². The van der Waals surface area contributed by atoms with Gasteiger partial charge in [-0.05, 0) is 69.8 Å². The molecule has 1 aliphatic heterocycles. The molecule has 1 N–H and O–H groups in total. The van der Waals surface area contributed by atoms with Crippen LogP contribution in [0.25, 0.3) is 0 Å². The fraction of sp³-hybridized carbons (Fsp3) is 0.850. The first-order valence-corrected chi connectivity index (χ1v) is 9.38. The third kappa shape index (κ3) is 4.09. The molecule has 2 fully saturated rings. The summed E-state index contributed by atoms with van der Waals surface area (Å²) in [7, 11) is 1.38. The van der Waals surface area contributed by atoms with Crippen LogP contribution in [0.5, 0.6) is 0 Å². The summed E-state index contributed by atoms with van der Waals surface area (Å²) in [6, 6.07) is 0.